The van der Waals surface area contributed by atoms with Crippen LogP contribution in [0.5, 0.6) is 0 Å². The number of β-amino-alcohol motifs (C(OH)–C–C–N with tert-alkyl or cyclic N) is 1. The van der Waals surface area contributed by atoms with E-state index in [1.54, 1.807) is 11.3 Å². The van der Waals surface area contributed by atoms with Crippen molar-refractivity contribution in [2.45, 2.75) is 38.0 Å². The van der Waals surface area contributed by atoms with Crippen LogP contribution in [0.2, 0.25) is 0 Å². The lowest BCUT2D eigenvalue weighted by atomic mass is 10.2. The number of urea groups is 1. The summed E-state index contributed by atoms with van der Waals surface area (Å²) in [4.78, 5) is 25.5. The van der Waals surface area contributed by atoms with Crippen molar-refractivity contribution in [3.05, 3.63) is 22.4 Å². The molecule has 2 amide bonds. The number of aliphatic carboxylic acids is 1. The first-order valence-electron chi connectivity index (χ1n) is 6.47. The number of carboxylic acids is 1. The highest BCUT2D eigenvalue weighted by atomic mass is 32.1. The van der Waals surface area contributed by atoms with Gasteiger partial charge in [-0.1, -0.05) is 6.07 Å². The predicted octanol–water partition coefficient (Wildman–Crippen LogP) is 0.908. The fourth-order valence-corrected chi connectivity index (χ4v) is 3.18. The Morgan fingerprint density at radius 2 is 2.35 bits per heavy atom. The van der Waals surface area contributed by atoms with E-state index in [4.69, 9.17) is 5.11 Å². The van der Waals surface area contributed by atoms with Gasteiger partial charge in [-0.2, -0.15) is 0 Å². The van der Waals surface area contributed by atoms with E-state index in [1.807, 2.05) is 24.4 Å². The molecular weight excluding hydrogens is 280 g/mol. The molecule has 2 rings (SSSR count). The summed E-state index contributed by atoms with van der Waals surface area (Å²) >= 11 is 1.62. The summed E-state index contributed by atoms with van der Waals surface area (Å²) in [6.07, 6.45) is 0.0222. The Balaban J connectivity index is 1.92. The number of rotatable bonds is 4. The van der Waals surface area contributed by atoms with Crippen LogP contribution in [0.3, 0.4) is 0 Å². The molecule has 3 N–H and O–H groups in total. The van der Waals surface area contributed by atoms with Gasteiger partial charge in [0.15, 0.2) is 0 Å². The first kappa shape index (κ1) is 14.8. The van der Waals surface area contributed by atoms with Crippen molar-refractivity contribution in [1.29, 1.82) is 0 Å². The largest absolute Gasteiger partial charge is 0.480 e. The van der Waals surface area contributed by atoms with Gasteiger partial charge in [-0.3, -0.25) is 0 Å². The van der Waals surface area contributed by atoms with Gasteiger partial charge in [0.1, 0.15) is 6.04 Å². The highest BCUT2D eigenvalue weighted by Crippen LogP contribution is 2.18. The summed E-state index contributed by atoms with van der Waals surface area (Å²) in [5, 5.41) is 23.3. The van der Waals surface area contributed by atoms with E-state index >= 15 is 0 Å². The number of carbonyl (C=O) groups excluding carboxylic acids is 1. The van der Waals surface area contributed by atoms with E-state index in [1.165, 1.54) is 4.90 Å². The Morgan fingerprint density at radius 1 is 1.60 bits per heavy atom. The zero-order valence-corrected chi connectivity index (χ0v) is 12.0. The number of thiophene rings is 1. The van der Waals surface area contributed by atoms with Crippen LogP contribution < -0.4 is 5.32 Å². The van der Waals surface area contributed by atoms with Gasteiger partial charge in [-0.05, 0) is 18.4 Å². The number of carbonyl (C=O) groups is 2. The average molecular weight is 298 g/mol. The quantitative estimate of drug-likeness (QED) is 0.770. The summed E-state index contributed by atoms with van der Waals surface area (Å²) < 4.78 is 0. The Morgan fingerprint density at radius 3 is 2.95 bits per heavy atom. The lowest BCUT2D eigenvalue weighted by molar-refractivity contribution is -0.141. The molecular formula is C13H18N2O4S. The van der Waals surface area contributed by atoms with Crippen molar-refractivity contribution in [2.24, 2.45) is 0 Å². The maximum Gasteiger partial charge on any atom is 0.326 e. The first-order chi connectivity index (χ1) is 9.47. The molecule has 1 fully saturated rings. The van der Waals surface area contributed by atoms with Crippen LogP contribution >= 0.6 is 11.3 Å². The summed E-state index contributed by atoms with van der Waals surface area (Å²) in [7, 11) is 0. The van der Waals surface area contributed by atoms with Gasteiger partial charge >= 0.3 is 12.0 Å². The number of hydrogen-bond donors (Lipinski definition) is 3. The molecule has 0 aliphatic carbocycles. The highest BCUT2D eigenvalue weighted by Gasteiger charge is 2.39. The smallest absolute Gasteiger partial charge is 0.326 e. The molecule has 2 heterocycles. The van der Waals surface area contributed by atoms with E-state index in [2.05, 4.69) is 5.32 Å². The van der Waals surface area contributed by atoms with Crippen LogP contribution in [0, 0.1) is 0 Å². The van der Waals surface area contributed by atoms with Crippen LogP contribution in [-0.4, -0.2) is 51.8 Å². The minimum Gasteiger partial charge on any atom is -0.480 e. The molecule has 0 radical (unpaired) electrons. The van der Waals surface area contributed by atoms with Crippen molar-refractivity contribution in [2.75, 3.05) is 6.54 Å². The number of hydrogen-bond acceptors (Lipinski definition) is 4. The third-order valence-electron chi connectivity index (χ3n) is 3.28. The van der Waals surface area contributed by atoms with Crippen molar-refractivity contribution in [1.82, 2.24) is 10.2 Å². The van der Waals surface area contributed by atoms with E-state index in [0.717, 1.165) is 4.88 Å². The van der Waals surface area contributed by atoms with Crippen molar-refractivity contribution in [3.63, 3.8) is 0 Å². The molecule has 0 bridgehead atoms. The molecule has 1 aromatic heterocycles. The predicted molar refractivity (Wildman–Crippen MR) is 74.8 cm³/mol. The maximum absolute atomic E-state index is 12.1. The van der Waals surface area contributed by atoms with E-state index in [-0.39, 0.29) is 19.0 Å². The van der Waals surface area contributed by atoms with Gasteiger partial charge in [0.05, 0.1) is 6.10 Å². The van der Waals surface area contributed by atoms with Crippen LogP contribution in [0.4, 0.5) is 4.79 Å². The zero-order valence-electron chi connectivity index (χ0n) is 11.2. The van der Waals surface area contributed by atoms with Crippen molar-refractivity contribution in [3.8, 4) is 0 Å². The third kappa shape index (κ3) is 3.49. The van der Waals surface area contributed by atoms with Gasteiger partial charge in [-0.15, -0.1) is 11.3 Å². The van der Waals surface area contributed by atoms with Gasteiger partial charge in [-0.25, -0.2) is 9.59 Å². The van der Waals surface area contributed by atoms with Gasteiger partial charge in [0, 0.05) is 30.3 Å². The second-order valence-electron chi connectivity index (χ2n) is 5.03. The minimum atomic E-state index is -1.08. The highest BCUT2D eigenvalue weighted by molar-refractivity contribution is 7.09. The molecule has 3 unspecified atom stereocenters. The molecule has 6 nitrogen and oxygen atoms in total. The first-order valence-corrected chi connectivity index (χ1v) is 7.35. The number of amides is 2. The summed E-state index contributed by atoms with van der Waals surface area (Å²) in [5.41, 5.74) is 0. The summed E-state index contributed by atoms with van der Waals surface area (Å²) in [5.74, 6) is -1.08. The maximum atomic E-state index is 12.1. The van der Waals surface area contributed by atoms with E-state index in [0.29, 0.717) is 6.42 Å². The minimum absolute atomic E-state index is 0.0640. The number of nitrogens with zero attached hydrogens (tertiary/aromatic N) is 1. The summed E-state index contributed by atoms with van der Waals surface area (Å²) in [6.45, 7) is 1.94. The Hall–Kier alpha value is -1.60. The zero-order chi connectivity index (χ0) is 14.7. The van der Waals surface area contributed by atoms with Crippen LogP contribution in [-0.2, 0) is 11.2 Å². The van der Waals surface area contributed by atoms with Crippen LogP contribution in [0.25, 0.3) is 0 Å². The van der Waals surface area contributed by atoms with Crippen LogP contribution in [0.15, 0.2) is 17.5 Å². The fraction of sp³-hybridized carbons (Fsp3) is 0.538. The molecule has 3 atom stereocenters. The molecule has 1 saturated heterocycles. The molecule has 7 heteroatoms. The van der Waals surface area contributed by atoms with Gasteiger partial charge in [0.2, 0.25) is 0 Å². The number of aliphatic hydroxyl groups excluding tert-OH is 1. The summed E-state index contributed by atoms with van der Waals surface area (Å²) in [6, 6.07) is 2.48. The van der Waals surface area contributed by atoms with Gasteiger partial charge in [0.25, 0.3) is 0 Å². The molecule has 1 aliphatic rings. The monoisotopic (exact) mass is 298 g/mol. The topological polar surface area (TPSA) is 89.9 Å². The Kier molecular flexibility index (Phi) is 4.61. The molecule has 1 aromatic rings. The molecule has 1 aliphatic heterocycles. The number of likely N-dealkylation sites (tertiary alicyclic amines) is 1. The van der Waals surface area contributed by atoms with E-state index < -0.39 is 24.1 Å². The van der Waals surface area contributed by atoms with Gasteiger partial charge < -0.3 is 20.4 Å². The molecule has 110 valence electrons. The van der Waals surface area contributed by atoms with Crippen molar-refractivity contribution < 1.29 is 19.8 Å². The molecule has 20 heavy (non-hydrogen) atoms. The standard InChI is InChI=1S/C13H18N2O4S/c1-8(5-10-3-2-4-20-10)14-13(19)15-7-9(16)6-11(15)12(17)18/h2-4,8-9,11,16H,5-7H2,1H3,(H,14,19)(H,17,18). The average Bonchev–Trinajstić information content (AvgIpc) is 2.97. The second kappa shape index (κ2) is 6.23. The Bertz CT molecular complexity index is 477. The third-order valence-corrected chi connectivity index (χ3v) is 4.18. The van der Waals surface area contributed by atoms with Crippen LogP contribution in [0.1, 0.15) is 18.2 Å². The number of carboxylic acid groups (broad SMARTS) is 1. The second-order valence-corrected chi connectivity index (χ2v) is 6.06. The molecule has 0 aromatic carbocycles. The Labute approximate surface area is 121 Å². The fourth-order valence-electron chi connectivity index (χ4n) is 2.35. The lowest BCUT2D eigenvalue weighted by Gasteiger charge is -2.24. The van der Waals surface area contributed by atoms with E-state index in [9.17, 15) is 14.7 Å². The lowest BCUT2D eigenvalue weighted by Crippen LogP contribution is -2.49. The molecule has 0 saturated carbocycles. The SMILES string of the molecule is CC(Cc1cccs1)NC(=O)N1CC(O)CC1C(=O)O. The van der Waals surface area contributed by atoms with Crippen molar-refractivity contribution >= 4 is 23.3 Å². The number of nitrogens with one attached hydrogen (secondary N) is 1. The normalized spacial score (nSPS) is 23.6. The number of aliphatic hydroxyl groups is 1. The molecule has 0 spiro atoms.